The predicted octanol–water partition coefficient (Wildman–Crippen LogP) is 4.60. The van der Waals surface area contributed by atoms with E-state index >= 15 is 0 Å². The van der Waals surface area contributed by atoms with Crippen LogP contribution in [0.1, 0.15) is 12.8 Å². The summed E-state index contributed by atoms with van der Waals surface area (Å²) in [5.41, 5.74) is 1.18. The molecule has 0 aliphatic rings. The van der Waals surface area contributed by atoms with E-state index in [0.29, 0.717) is 0 Å². The fraction of sp³-hybridized carbons (Fsp3) is 0.333. The number of benzene rings is 2. The second kappa shape index (κ2) is 8.88. The molecule has 0 heterocycles. The minimum Gasteiger partial charge on any atom is -0.494 e. The maximum Gasteiger partial charge on any atom is 0.119 e. The molecule has 0 N–H and O–H groups in total. The van der Waals surface area contributed by atoms with E-state index in [0.717, 1.165) is 37.6 Å². The van der Waals surface area contributed by atoms with Crippen LogP contribution in [0.5, 0.6) is 11.5 Å². The summed E-state index contributed by atoms with van der Waals surface area (Å²) in [5.74, 6) is 1.85. The van der Waals surface area contributed by atoms with Gasteiger partial charge in [0, 0.05) is 23.4 Å². The summed E-state index contributed by atoms with van der Waals surface area (Å²) in [4.78, 5) is 2.08. The number of ether oxygens (including phenoxy) is 2. The standard InChI is InChI=1S/C18H22INO2/c1-20(2)16-7-11-18(12-8-16)22-14-4-3-13-21-17-9-5-15(19)6-10-17/h5-12H,3-4,13-14H2,1-2H3. The van der Waals surface area contributed by atoms with Gasteiger partial charge in [0.2, 0.25) is 0 Å². The summed E-state index contributed by atoms with van der Waals surface area (Å²) in [6.07, 6.45) is 1.97. The smallest absolute Gasteiger partial charge is 0.119 e. The molecule has 0 spiro atoms. The molecule has 2 rings (SSSR count). The summed E-state index contributed by atoms with van der Waals surface area (Å²) >= 11 is 2.29. The third-order valence-electron chi connectivity index (χ3n) is 3.24. The molecule has 0 atom stereocenters. The molecule has 2 aromatic rings. The number of halogens is 1. The largest absolute Gasteiger partial charge is 0.494 e. The van der Waals surface area contributed by atoms with E-state index in [9.17, 15) is 0 Å². The van der Waals surface area contributed by atoms with Crippen molar-refractivity contribution in [3.05, 3.63) is 52.1 Å². The van der Waals surface area contributed by atoms with Gasteiger partial charge in [0.05, 0.1) is 13.2 Å². The van der Waals surface area contributed by atoms with Crippen LogP contribution < -0.4 is 14.4 Å². The molecule has 0 saturated carbocycles. The first-order valence-corrected chi connectivity index (χ1v) is 8.51. The Balaban J connectivity index is 1.60. The zero-order valence-corrected chi connectivity index (χ0v) is 15.2. The van der Waals surface area contributed by atoms with Crippen LogP contribution in [0.2, 0.25) is 0 Å². The molecule has 0 unspecified atom stereocenters. The Hall–Kier alpha value is -1.43. The van der Waals surface area contributed by atoms with Crippen LogP contribution in [0.4, 0.5) is 5.69 Å². The normalized spacial score (nSPS) is 10.3. The first kappa shape index (κ1) is 16.9. The van der Waals surface area contributed by atoms with Gasteiger partial charge in [0.1, 0.15) is 11.5 Å². The lowest BCUT2D eigenvalue weighted by molar-refractivity contribution is 0.266. The highest BCUT2D eigenvalue weighted by molar-refractivity contribution is 14.1. The molecule has 118 valence electrons. The van der Waals surface area contributed by atoms with Crippen LogP contribution in [0, 0.1) is 3.57 Å². The Morgan fingerprint density at radius 1 is 0.773 bits per heavy atom. The highest BCUT2D eigenvalue weighted by Crippen LogP contribution is 2.18. The van der Waals surface area contributed by atoms with Crippen molar-refractivity contribution in [3.8, 4) is 11.5 Å². The van der Waals surface area contributed by atoms with E-state index in [1.54, 1.807) is 0 Å². The van der Waals surface area contributed by atoms with Crippen LogP contribution in [-0.4, -0.2) is 27.3 Å². The van der Waals surface area contributed by atoms with Crippen molar-refractivity contribution < 1.29 is 9.47 Å². The van der Waals surface area contributed by atoms with Crippen molar-refractivity contribution in [1.82, 2.24) is 0 Å². The fourth-order valence-electron chi connectivity index (χ4n) is 1.96. The molecular formula is C18H22INO2. The Bertz CT molecular complexity index is 552. The average Bonchev–Trinajstić information content (AvgIpc) is 2.53. The van der Waals surface area contributed by atoms with Crippen molar-refractivity contribution in [2.75, 3.05) is 32.2 Å². The van der Waals surface area contributed by atoms with Gasteiger partial charge in [-0.25, -0.2) is 0 Å². The Morgan fingerprint density at radius 2 is 1.23 bits per heavy atom. The van der Waals surface area contributed by atoms with Gasteiger partial charge >= 0.3 is 0 Å². The van der Waals surface area contributed by atoms with E-state index in [-0.39, 0.29) is 0 Å². The van der Waals surface area contributed by atoms with Crippen molar-refractivity contribution in [3.63, 3.8) is 0 Å². The van der Waals surface area contributed by atoms with Gasteiger partial charge in [0.15, 0.2) is 0 Å². The van der Waals surface area contributed by atoms with Gasteiger partial charge in [-0.1, -0.05) is 0 Å². The lowest BCUT2D eigenvalue weighted by atomic mass is 10.3. The summed E-state index contributed by atoms with van der Waals surface area (Å²) in [6.45, 7) is 1.45. The van der Waals surface area contributed by atoms with Gasteiger partial charge in [-0.3, -0.25) is 0 Å². The minimum atomic E-state index is 0.720. The van der Waals surface area contributed by atoms with Gasteiger partial charge in [-0.15, -0.1) is 0 Å². The topological polar surface area (TPSA) is 21.7 Å². The first-order valence-electron chi connectivity index (χ1n) is 7.44. The SMILES string of the molecule is CN(C)c1ccc(OCCCCOc2ccc(I)cc2)cc1. The van der Waals surface area contributed by atoms with Crippen LogP contribution in [0.3, 0.4) is 0 Å². The van der Waals surface area contributed by atoms with Gasteiger partial charge in [-0.2, -0.15) is 0 Å². The van der Waals surface area contributed by atoms with E-state index in [4.69, 9.17) is 9.47 Å². The lowest BCUT2D eigenvalue weighted by Crippen LogP contribution is -2.08. The molecule has 0 radical (unpaired) electrons. The third-order valence-corrected chi connectivity index (χ3v) is 3.96. The van der Waals surface area contributed by atoms with Gasteiger partial charge in [0.25, 0.3) is 0 Å². The van der Waals surface area contributed by atoms with Gasteiger partial charge < -0.3 is 14.4 Å². The Labute approximate surface area is 146 Å². The number of hydrogen-bond acceptors (Lipinski definition) is 3. The fourth-order valence-corrected chi connectivity index (χ4v) is 2.32. The maximum atomic E-state index is 5.73. The summed E-state index contributed by atoms with van der Waals surface area (Å²) < 4.78 is 12.6. The number of nitrogens with zero attached hydrogens (tertiary/aromatic N) is 1. The molecule has 0 fully saturated rings. The van der Waals surface area contributed by atoms with Gasteiger partial charge in [-0.05, 0) is 84.0 Å². The Kier molecular flexibility index (Phi) is 6.83. The molecule has 4 heteroatoms. The molecule has 2 aromatic carbocycles. The third kappa shape index (κ3) is 5.75. The molecule has 0 aromatic heterocycles. The molecular weight excluding hydrogens is 389 g/mol. The summed E-state index contributed by atoms with van der Waals surface area (Å²) in [5, 5.41) is 0. The molecule has 3 nitrogen and oxygen atoms in total. The highest BCUT2D eigenvalue weighted by atomic mass is 127. The molecule has 0 saturated heterocycles. The van der Waals surface area contributed by atoms with E-state index in [1.807, 2.05) is 38.4 Å². The summed E-state index contributed by atoms with van der Waals surface area (Å²) in [6, 6.07) is 16.3. The van der Waals surface area contributed by atoms with Crippen molar-refractivity contribution in [1.29, 1.82) is 0 Å². The molecule has 0 aliphatic carbocycles. The minimum absolute atomic E-state index is 0.720. The number of hydrogen-bond donors (Lipinski definition) is 0. The van der Waals surface area contributed by atoms with Crippen LogP contribution in [-0.2, 0) is 0 Å². The highest BCUT2D eigenvalue weighted by Gasteiger charge is 1.98. The number of anilines is 1. The zero-order chi connectivity index (χ0) is 15.8. The monoisotopic (exact) mass is 411 g/mol. The predicted molar refractivity (Wildman–Crippen MR) is 100 cm³/mol. The van der Waals surface area contributed by atoms with Crippen molar-refractivity contribution in [2.45, 2.75) is 12.8 Å². The molecule has 22 heavy (non-hydrogen) atoms. The summed E-state index contributed by atoms with van der Waals surface area (Å²) in [7, 11) is 4.06. The van der Waals surface area contributed by atoms with Crippen molar-refractivity contribution in [2.24, 2.45) is 0 Å². The molecule has 0 amide bonds. The number of rotatable bonds is 8. The molecule has 0 bridgehead atoms. The quantitative estimate of drug-likeness (QED) is 0.469. The zero-order valence-electron chi connectivity index (χ0n) is 13.1. The van der Waals surface area contributed by atoms with Crippen molar-refractivity contribution >= 4 is 28.3 Å². The molecule has 0 aliphatic heterocycles. The number of unbranched alkanes of at least 4 members (excludes halogenated alkanes) is 1. The van der Waals surface area contributed by atoms with Crippen LogP contribution in [0.15, 0.2) is 48.5 Å². The van der Waals surface area contributed by atoms with Crippen LogP contribution in [0.25, 0.3) is 0 Å². The lowest BCUT2D eigenvalue weighted by Gasteiger charge is -2.13. The maximum absolute atomic E-state index is 5.73. The van der Waals surface area contributed by atoms with E-state index in [1.165, 1.54) is 9.26 Å². The van der Waals surface area contributed by atoms with E-state index in [2.05, 4.69) is 51.8 Å². The second-order valence-electron chi connectivity index (χ2n) is 5.25. The van der Waals surface area contributed by atoms with E-state index < -0.39 is 0 Å². The first-order chi connectivity index (χ1) is 10.6. The van der Waals surface area contributed by atoms with Crippen LogP contribution >= 0.6 is 22.6 Å². The average molecular weight is 411 g/mol. The second-order valence-corrected chi connectivity index (χ2v) is 6.49. The Morgan fingerprint density at radius 3 is 1.68 bits per heavy atom.